The summed E-state index contributed by atoms with van der Waals surface area (Å²) in [5, 5.41) is 3.19. The van der Waals surface area contributed by atoms with Crippen LogP contribution in [0.25, 0.3) is 5.70 Å². The summed E-state index contributed by atoms with van der Waals surface area (Å²) in [7, 11) is 1.84. The van der Waals surface area contributed by atoms with E-state index in [1.165, 1.54) is 6.07 Å². The molecule has 27 heavy (non-hydrogen) atoms. The molecule has 0 bridgehead atoms. The first kappa shape index (κ1) is 19.2. The van der Waals surface area contributed by atoms with Gasteiger partial charge in [0.1, 0.15) is 0 Å². The minimum Gasteiger partial charge on any atom is -0.399 e. The van der Waals surface area contributed by atoms with Crippen LogP contribution in [0.2, 0.25) is 5.02 Å². The Morgan fingerprint density at radius 1 is 1.22 bits per heavy atom. The van der Waals surface area contributed by atoms with Crippen LogP contribution in [0.3, 0.4) is 0 Å². The van der Waals surface area contributed by atoms with Crippen LogP contribution < -0.4 is 11.1 Å². The number of benzene rings is 2. The van der Waals surface area contributed by atoms with Gasteiger partial charge in [-0.2, -0.15) is 0 Å². The van der Waals surface area contributed by atoms with Crippen LogP contribution >= 0.6 is 11.6 Å². The minimum absolute atomic E-state index is 0.0336. The van der Waals surface area contributed by atoms with Crippen molar-refractivity contribution in [1.29, 1.82) is 0 Å². The predicted octanol–water partition coefficient (Wildman–Crippen LogP) is 5.09. The second kappa shape index (κ2) is 8.01. The highest BCUT2D eigenvalue weighted by Gasteiger charge is 2.31. The fourth-order valence-electron chi connectivity index (χ4n) is 3.49. The van der Waals surface area contributed by atoms with Gasteiger partial charge in [0, 0.05) is 42.5 Å². The Morgan fingerprint density at radius 3 is 2.56 bits per heavy atom. The Labute approximate surface area is 163 Å². The van der Waals surface area contributed by atoms with Crippen LogP contribution in [-0.2, 0) is 0 Å². The highest BCUT2D eigenvalue weighted by molar-refractivity contribution is 6.33. The Kier molecular flexibility index (Phi) is 5.71. The van der Waals surface area contributed by atoms with Crippen molar-refractivity contribution < 1.29 is 8.78 Å². The van der Waals surface area contributed by atoms with Gasteiger partial charge in [0.15, 0.2) is 0 Å². The van der Waals surface area contributed by atoms with E-state index in [-0.39, 0.29) is 16.6 Å². The van der Waals surface area contributed by atoms with Crippen molar-refractivity contribution in [1.82, 2.24) is 10.2 Å². The molecular formula is C21H22ClF2N3. The fourth-order valence-corrected chi connectivity index (χ4v) is 3.81. The summed E-state index contributed by atoms with van der Waals surface area (Å²) in [4.78, 5) is 2.03. The maximum atomic E-state index is 13.3. The van der Waals surface area contributed by atoms with E-state index in [1.807, 2.05) is 42.3 Å². The molecule has 0 saturated heterocycles. The van der Waals surface area contributed by atoms with Gasteiger partial charge in [0.2, 0.25) is 0 Å². The smallest absolute Gasteiger partial charge is 0.265 e. The lowest BCUT2D eigenvalue weighted by Crippen LogP contribution is -2.38. The standard InChI is InChI=1S/C21H22ClF2N3/c1-13(15-9-6-10-16(18(15)22)21(23)24)27-12-11-17(26-2)19(25)20(27)14-7-4-3-5-8-14/h3-10,20-21,26H,1,11-12,25H2,2H3. The van der Waals surface area contributed by atoms with Gasteiger partial charge < -0.3 is 16.0 Å². The molecule has 142 valence electrons. The quantitative estimate of drug-likeness (QED) is 0.748. The maximum absolute atomic E-state index is 13.3. The van der Waals surface area contributed by atoms with Crippen molar-refractivity contribution in [3.63, 3.8) is 0 Å². The Hall–Kier alpha value is -2.53. The Bertz CT molecular complexity index is 865. The molecule has 0 saturated carbocycles. The first-order valence-corrected chi connectivity index (χ1v) is 9.07. The van der Waals surface area contributed by atoms with Gasteiger partial charge in [-0.15, -0.1) is 0 Å². The molecule has 0 aromatic heterocycles. The zero-order valence-electron chi connectivity index (χ0n) is 15.1. The van der Waals surface area contributed by atoms with E-state index in [9.17, 15) is 8.78 Å². The van der Waals surface area contributed by atoms with Gasteiger partial charge in [-0.05, 0) is 5.56 Å². The van der Waals surface area contributed by atoms with Crippen LogP contribution in [0.5, 0.6) is 0 Å². The third-order valence-corrected chi connectivity index (χ3v) is 5.32. The summed E-state index contributed by atoms with van der Waals surface area (Å²) < 4.78 is 26.5. The molecular weight excluding hydrogens is 368 g/mol. The summed E-state index contributed by atoms with van der Waals surface area (Å²) in [6.45, 7) is 4.81. The third kappa shape index (κ3) is 3.65. The van der Waals surface area contributed by atoms with Crippen LogP contribution in [0.4, 0.5) is 8.78 Å². The third-order valence-electron chi connectivity index (χ3n) is 4.90. The number of nitrogens with two attached hydrogens (primary N) is 1. The highest BCUT2D eigenvalue weighted by Crippen LogP contribution is 2.40. The molecule has 1 heterocycles. The van der Waals surface area contributed by atoms with Gasteiger partial charge in [0.05, 0.1) is 16.8 Å². The summed E-state index contributed by atoms with van der Waals surface area (Å²) in [6.07, 6.45) is -1.94. The monoisotopic (exact) mass is 389 g/mol. The number of halogens is 3. The van der Waals surface area contributed by atoms with E-state index in [0.29, 0.717) is 29.9 Å². The summed E-state index contributed by atoms with van der Waals surface area (Å²) >= 11 is 6.28. The van der Waals surface area contributed by atoms with E-state index in [2.05, 4.69) is 11.9 Å². The van der Waals surface area contributed by atoms with Crippen LogP contribution in [-0.4, -0.2) is 18.5 Å². The number of hydrogen-bond donors (Lipinski definition) is 2. The lowest BCUT2D eigenvalue weighted by molar-refractivity contribution is 0.151. The minimum atomic E-state index is -2.64. The zero-order valence-corrected chi connectivity index (χ0v) is 15.8. The van der Waals surface area contributed by atoms with Crippen LogP contribution in [0.1, 0.15) is 35.6 Å². The molecule has 1 aliphatic rings. The molecule has 1 unspecified atom stereocenters. The van der Waals surface area contributed by atoms with Gasteiger partial charge in [-0.25, -0.2) is 8.78 Å². The lowest BCUT2D eigenvalue weighted by atomic mass is 9.94. The molecule has 3 N–H and O–H groups in total. The van der Waals surface area contributed by atoms with Crippen molar-refractivity contribution in [3.05, 3.63) is 88.2 Å². The average molecular weight is 390 g/mol. The van der Waals surface area contributed by atoms with Gasteiger partial charge in [-0.1, -0.05) is 66.7 Å². The molecule has 2 aromatic carbocycles. The second-order valence-corrected chi connectivity index (χ2v) is 6.77. The molecule has 0 spiro atoms. The number of nitrogens with one attached hydrogen (secondary N) is 1. The highest BCUT2D eigenvalue weighted by atomic mass is 35.5. The van der Waals surface area contributed by atoms with Crippen molar-refractivity contribution in [3.8, 4) is 0 Å². The first-order valence-electron chi connectivity index (χ1n) is 8.69. The van der Waals surface area contributed by atoms with Crippen molar-refractivity contribution in [2.45, 2.75) is 18.9 Å². The molecule has 2 aromatic rings. The predicted molar refractivity (Wildman–Crippen MR) is 106 cm³/mol. The molecule has 0 aliphatic carbocycles. The second-order valence-electron chi connectivity index (χ2n) is 6.40. The van der Waals surface area contributed by atoms with Gasteiger partial charge >= 0.3 is 0 Å². The van der Waals surface area contributed by atoms with Crippen LogP contribution in [0.15, 0.2) is 66.5 Å². The van der Waals surface area contributed by atoms with Gasteiger partial charge in [-0.3, -0.25) is 0 Å². The first-order chi connectivity index (χ1) is 13.0. The summed E-state index contributed by atoms with van der Waals surface area (Å²) in [5.41, 5.74) is 10.0. The summed E-state index contributed by atoms with van der Waals surface area (Å²) in [5.74, 6) is 0. The number of rotatable bonds is 5. The molecule has 0 amide bonds. The maximum Gasteiger partial charge on any atom is 0.265 e. The molecule has 1 aliphatic heterocycles. The van der Waals surface area contributed by atoms with E-state index >= 15 is 0 Å². The fraction of sp³-hybridized carbons (Fsp3) is 0.238. The number of alkyl halides is 2. The van der Waals surface area contributed by atoms with E-state index in [1.54, 1.807) is 12.1 Å². The molecule has 6 heteroatoms. The van der Waals surface area contributed by atoms with Crippen molar-refractivity contribution >= 4 is 17.3 Å². The summed E-state index contributed by atoms with van der Waals surface area (Å²) in [6, 6.07) is 14.2. The zero-order chi connectivity index (χ0) is 19.6. The topological polar surface area (TPSA) is 41.3 Å². The Morgan fingerprint density at radius 2 is 1.93 bits per heavy atom. The average Bonchev–Trinajstić information content (AvgIpc) is 2.67. The number of hydrogen-bond acceptors (Lipinski definition) is 3. The van der Waals surface area contributed by atoms with E-state index < -0.39 is 6.43 Å². The number of nitrogens with zero attached hydrogens (tertiary/aromatic N) is 1. The van der Waals surface area contributed by atoms with Crippen LogP contribution in [0, 0.1) is 0 Å². The largest absolute Gasteiger partial charge is 0.399 e. The molecule has 0 fully saturated rings. The molecule has 3 rings (SSSR count). The molecule has 3 nitrogen and oxygen atoms in total. The Balaban J connectivity index is 2.06. The van der Waals surface area contributed by atoms with Crippen molar-refractivity contribution in [2.24, 2.45) is 5.73 Å². The molecule has 1 atom stereocenters. The lowest BCUT2D eigenvalue weighted by Gasteiger charge is -2.40. The SMILES string of the molecule is C=C(c1cccc(C(F)F)c1Cl)N1CCC(NC)=C(N)C1c1ccccc1. The van der Waals surface area contributed by atoms with Gasteiger partial charge in [0.25, 0.3) is 6.43 Å². The van der Waals surface area contributed by atoms with E-state index in [0.717, 1.165) is 11.3 Å². The normalized spacial score (nSPS) is 17.4. The van der Waals surface area contributed by atoms with E-state index in [4.69, 9.17) is 17.3 Å². The van der Waals surface area contributed by atoms with Crippen molar-refractivity contribution in [2.75, 3.05) is 13.6 Å². The molecule has 0 radical (unpaired) electrons.